The first kappa shape index (κ1) is 11.7. The molecule has 5 fully saturated rings. The number of rotatable bonds is 2. The van der Waals surface area contributed by atoms with Crippen LogP contribution in [0.1, 0.15) is 45.4 Å². The molecule has 1 saturated heterocycles. The highest BCUT2D eigenvalue weighted by molar-refractivity contribution is 5.05. The minimum Gasteiger partial charge on any atom is -0.314 e. The number of nitrogens with zero attached hydrogens (tertiary/aromatic N) is 1. The number of nitrogens with one attached hydrogen (secondary N) is 1. The van der Waals surface area contributed by atoms with Gasteiger partial charge < -0.3 is 5.32 Å². The molecule has 4 saturated carbocycles. The van der Waals surface area contributed by atoms with Gasteiger partial charge in [-0.1, -0.05) is 0 Å². The quantitative estimate of drug-likeness (QED) is 0.808. The summed E-state index contributed by atoms with van der Waals surface area (Å²) >= 11 is 0. The van der Waals surface area contributed by atoms with Gasteiger partial charge in [0.15, 0.2) is 0 Å². The molecule has 2 heteroatoms. The van der Waals surface area contributed by atoms with E-state index in [0.29, 0.717) is 5.41 Å². The molecule has 0 aromatic heterocycles. The van der Waals surface area contributed by atoms with Gasteiger partial charge in [-0.2, -0.15) is 0 Å². The monoisotopic (exact) mass is 248 g/mol. The van der Waals surface area contributed by atoms with E-state index in [1.807, 2.05) is 0 Å². The summed E-state index contributed by atoms with van der Waals surface area (Å²) < 4.78 is 0. The van der Waals surface area contributed by atoms with E-state index in [1.54, 1.807) is 38.5 Å². The molecular formula is C16H28N2. The second kappa shape index (κ2) is 4.21. The van der Waals surface area contributed by atoms with E-state index in [4.69, 9.17) is 0 Å². The van der Waals surface area contributed by atoms with Gasteiger partial charge in [0.2, 0.25) is 0 Å². The Balaban J connectivity index is 1.55. The van der Waals surface area contributed by atoms with Gasteiger partial charge in [0.1, 0.15) is 0 Å². The molecule has 1 aliphatic heterocycles. The van der Waals surface area contributed by atoms with E-state index < -0.39 is 0 Å². The average Bonchev–Trinajstić information content (AvgIpc) is 2.37. The average molecular weight is 248 g/mol. The Morgan fingerprint density at radius 2 is 1.44 bits per heavy atom. The predicted molar refractivity (Wildman–Crippen MR) is 74.5 cm³/mol. The minimum atomic E-state index is 0.714. The van der Waals surface area contributed by atoms with E-state index >= 15 is 0 Å². The molecule has 102 valence electrons. The van der Waals surface area contributed by atoms with Gasteiger partial charge in [0.25, 0.3) is 0 Å². The van der Waals surface area contributed by atoms with Gasteiger partial charge in [-0.05, 0) is 68.6 Å². The Labute approximate surface area is 111 Å². The Morgan fingerprint density at radius 3 is 1.94 bits per heavy atom. The van der Waals surface area contributed by atoms with Crippen molar-refractivity contribution in [2.75, 3.05) is 26.2 Å². The lowest BCUT2D eigenvalue weighted by molar-refractivity contribution is -0.0980. The highest BCUT2D eigenvalue weighted by Gasteiger charge is 2.54. The molecule has 18 heavy (non-hydrogen) atoms. The Hall–Kier alpha value is -0.0800. The lowest BCUT2D eigenvalue weighted by Gasteiger charge is -2.60. The van der Waals surface area contributed by atoms with Crippen molar-refractivity contribution in [3.05, 3.63) is 0 Å². The smallest absolute Gasteiger partial charge is 0.0125 e. The van der Waals surface area contributed by atoms with Crippen LogP contribution in [0.3, 0.4) is 0 Å². The zero-order chi connectivity index (χ0) is 12.2. The molecule has 1 N–H and O–H groups in total. The van der Waals surface area contributed by atoms with Crippen LogP contribution < -0.4 is 5.32 Å². The second-order valence-corrected chi connectivity index (χ2v) is 7.74. The van der Waals surface area contributed by atoms with E-state index in [9.17, 15) is 0 Å². The first-order valence-electron chi connectivity index (χ1n) is 8.20. The van der Waals surface area contributed by atoms with Crippen molar-refractivity contribution in [1.29, 1.82) is 0 Å². The first-order chi connectivity index (χ1) is 8.75. The summed E-state index contributed by atoms with van der Waals surface area (Å²) in [5, 5.41) is 3.50. The summed E-state index contributed by atoms with van der Waals surface area (Å²) in [5.74, 6) is 3.30. The predicted octanol–water partition coefficient (Wildman–Crippen LogP) is 2.50. The lowest BCUT2D eigenvalue weighted by Crippen LogP contribution is -2.58. The SMILES string of the molecule is CC(N1CCNCC1)C12CC3CC(CC(C3)C1)C2. The van der Waals surface area contributed by atoms with Crippen molar-refractivity contribution in [2.24, 2.45) is 23.2 Å². The van der Waals surface area contributed by atoms with Gasteiger partial charge in [0.05, 0.1) is 0 Å². The second-order valence-electron chi connectivity index (χ2n) is 7.74. The summed E-state index contributed by atoms with van der Waals surface area (Å²) in [6.07, 6.45) is 9.41. The maximum atomic E-state index is 3.50. The summed E-state index contributed by atoms with van der Waals surface area (Å²) in [5.41, 5.74) is 0.714. The maximum absolute atomic E-state index is 3.50. The standard InChI is InChI=1S/C16H28N2/c1-12(18-4-2-17-3-5-18)16-9-13-6-14(10-16)8-15(7-13)11-16/h12-15,17H,2-11H2,1H3. The van der Waals surface area contributed by atoms with E-state index in [0.717, 1.165) is 23.8 Å². The van der Waals surface area contributed by atoms with Crippen molar-refractivity contribution in [2.45, 2.75) is 51.5 Å². The molecule has 4 aliphatic carbocycles. The Morgan fingerprint density at radius 1 is 0.944 bits per heavy atom. The fourth-order valence-corrected chi connectivity index (χ4v) is 6.15. The van der Waals surface area contributed by atoms with Crippen molar-refractivity contribution in [3.63, 3.8) is 0 Å². The summed E-state index contributed by atoms with van der Waals surface area (Å²) in [7, 11) is 0. The molecule has 0 radical (unpaired) electrons. The van der Waals surface area contributed by atoms with Crippen LogP contribution in [0.5, 0.6) is 0 Å². The van der Waals surface area contributed by atoms with Crippen molar-refractivity contribution >= 4 is 0 Å². The van der Waals surface area contributed by atoms with Gasteiger partial charge in [-0.3, -0.25) is 4.90 Å². The van der Waals surface area contributed by atoms with Crippen LogP contribution in [-0.2, 0) is 0 Å². The third kappa shape index (κ3) is 1.76. The lowest BCUT2D eigenvalue weighted by atomic mass is 9.47. The van der Waals surface area contributed by atoms with Crippen LogP contribution in [0, 0.1) is 23.2 Å². The van der Waals surface area contributed by atoms with E-state index in [1.165, 1.54) is 26.2 Å². The van der Waals surface area contributed by atoms with Gasteiger partial charge in [-0.25, -0.2) is 0 Å². The van der Waals surface area contributed by atoms with Crippen molar-refractivity contribution in [1.82, 2.24) is 10.2 Å². The Bertz CT molecular complexity index is 284. The molecule has 2 nitrogen and oxygen atoms in total. The summed E-state index contributed by atoms with van der Waals surface area (Å²) in [6.45, 7) is 7.53. The van der Waals surface area contributed by atoms with E-state index in [-0.39, 0.29) is 0 Å². The minimum absolute atomic E-state index is 0.714. The molecule has 1 atom stereocenters. The molecule has 5 aliphatic rings. The van der Waals surface area contributed by atoms with Gasteiger partial charge in [-0.15, -0.1) is 0 Å². The number of hydrogen-bond acceptors (Lipinski definition) is 2. The molecule has 0 aromatic rings. The molecule has 5 rings (SSSR count). The largest absolute Gasteiger partial charge is 0.314 e. The molecule has 0 aromatic carbocycles. The normalized spacial score (nSPS) is 49.5. The maximum Gasteiger partial charge on any atom is 0.0125 e. The molecular weight excluding hydrogens is 220 g/mol. The fourth-order valence-electron chi connectivity index (χ4n) is 6.15. The van der Waals surface area contributed by atoms with Gasteiger partial charge in [0, 0.05) is 32.2 Å². The topological polar surface area (TPSA) is 15.3 Å². The van der Waals surface area contributed by atoms with Crippen LogP contribution in [0.2, 0.25) is 0 Å². The fraction of sp³-hybridized carbons (Fsp3) is 1.00. The Kier molecular flexibility index (Phi) is 2.74. The zero-order valence-electron chi connectivity index (χ0n) is 11.8. The molecule has 0 amide bonds. The van der Waals surface area contributed by atoms with Crippen molar-refractivity contribution < 1.29 is 0 Å². The summed E-state index contributed by atoms with van der Waals surface area (Å²) in [6, 6.07) is 0.841. The highest BCUT2D eigenvalue weighted by Crippen LogP contribution is 2.61. The van der Waals surface area contributed by atoms with E-state index in [2.05, 4.69) is 17.1 Å². The van der Waals surface area contributed by atoms with Crippen LogP contribution >= 0.6 is 0 Å². The first-order valence-corrected chi connectivity index (χ1v) is 8.20. The molecule has 4 bridgehead atoms. The van der Waals surface area contributed by atoms with Gasteiger partial charge >= 0.3 is 0 Å². The molecule has 1 unspecified atom stereocenters. The van der Waals surface area contributed by atoms with Crippen LogP contribution in [0.4, 0.5) is 0 Å². The molecule has 0 spiro atoms. The summed E-state index contributed by atoms with van der Waals surface area (Å²) in [4.78, 5) is 2.80. The third-order valence-electron chi connectivity index (χ3n) is 6.67. The van der Waals surface area contributed by atoms with Crippen LogP contribution in [-0.4, -0.2) is 37.1 Å². The van der Waals surface area contributed by atoms with Crippen LogP contribution in [0.15, 0.2) is 0 Å². The molecule has 1 heterocycles. The zero-order valence-corrected chi connectivity index (χ0v) is 11.8. The van der Waals surface area contributed by atoms with Crippen LogP contribution in [0.25, 0.3) is 0 Å². The highest BCUT2D eigenvalue weighted by atomic mass is 15.2. The van der Waals surface area contributed by atoms with Crippen molar-refractivity contribution in [3.8, 4) is 0 Å². The number of piperazine rings is 1. The third-order valence-corrected chi connectivity index (χ3v) is 6.67. The number of hydrogen-bond donors (Lipinski definition) is 1.